The molecule has 3 nitrogen and oxygen atoms in total. The zero-order valence-corrected chi connectivity index (χ0v) is 27.2. The molecule has 0 aliphatic heterocycles. The molecule has 0 saturated carbocycles. The van der Waals surface area contributed by atoms with Crippen LogP contribution in [0.1, 0.15) is 79.1 Å². The zero-order valence-electron chi connectivity index (χ0n) is 21.5. The average molecular weight is 668 g/mol. The van der Waals surface area contributed by atoms with Gasteiger partial charge in [0.15, 0.2) is 0 Å². The van der Waals surface area contributed by atoms with Gasteiger partial charge in [-0.1, -0.05) is 0 Å². The second kappa shape index (κ2) is 16.3. The van der Waals surface area contributed by atoms with Crippen LogP contribution >= 0.6 is 0 Å². The first-order valence-corrected chi connectivity index (χ1v) is 26.0. The third-order valence-corrected chi connectivity index (χ3v) is 39.3. The quantitative estimate of drug-likeness (QED) is 0.148. The molecule has 2 aromatic rings. The zero-order chi connectivity index (χ0) is 23.8. The Kier molecular flexibility index (Phi) is 14.2. The molecule has 184 valence electrons. The summed E-state index contributed by atoms with van der Waals surface area (Å²) < 4.78 is 26.3. The molecule has 0 spiro atoms. The van der Waals surface area contributed by atoms with Crippen LogP contribution in [0.2, 0.25) is 17.7 Å². The van der Waals surface area contributed by atoms with E-state index in [0.717, 1.165) is 28.8 Å². The molecule has 5 heteroatoms. The molecule has 0 N–H and O–H groups in total. The fourth-order valence-electron chi connectivity index (χ4n) is 4.30. The fraction of sp³-hybridized carbons (Fsp3) is 0.571. The molecule has 0 amide bonds. The van der Waals surface area contributed by atoms with Gasteiger partial charge in [-0.25, -0.2) is 0 Å². The van der Waals surface area contributed by atoms with Crippen molar-refractivity contribution in [2.45, 2.75) is 96.8 Å². The van der Waals surface area contributed by atoms with Crippen LogP contribution in [0.5, 0.6) is 11.5 Å². The SMILES string of the molecule is CCC[CH2][Sn]([CH2]CCC)([CH2]CCC)[O][Sn]([CH2]CCC)([O]c1ccccc1)[O]c1ccccc1. The van der Waals surface area contributed by atoms with Crippen molar-refractivity contribution < 1.29 is 7.56 Å². The first kappa shape index (κ1) is 28.8. The molecular formula is C28H46O3Sn2. The molecule has 2 aromatic carbocycles. The average Bonchev–Trinajstić information content (AvgIpc) is 2.85. The maximum absolute atomic E-state index is 7.62. The van der Waals surface area contributed by atoms with E-state index in [1.807, 2.05) is 12.1 Å². The van der Waals surface area contributed by atoms with Crippen molar-refractivity contribution in [3.05, 3.63) is 60.7 Å². The van der Waals surface area contributed by atoms with E-state index in [2.05, 4.69) is 76.2 Å². The molecule has 0 saturated heterocycles. The Morgan fingerprint density at radius 2 is 0.879 bits per heavy atom. The van der Waals surface area contributed by atoms with Gasteiger partial charge < -0.3 is 0 Å². The van der Waals surface area contributed by atoms with E-state index in [1.165, 1.54) is 51.8 Å². The van der Waals surface area contributed by atoms with E-state index in [1.54, 1.807) is 0 Å². The number of rotatable bonds is 18. The number of unbranched alkanes of at least 4 members (excludes halogenated alkanes) is 4. The van der Waals surface area contributed by atoms with Crippen molar-refractivity contribution >= 4 is 38.4 Å². The molecule has 0 aliphatic carbocycles. The van der Waals surface area contributed by atoms with Gasteiger partial charge in [-0.15, -0.1) is 0 Å². The van der Waals surface area contributed by atoms with Crippen molar-refractivity contribution in [3.8, 4) is 11.5 Å². The van der Waals surface area contributed by atoms with Gasteiger partial charge in [0.25, 0.3) is 0 Å². The predicted octanol–water partition coefficient (Wildman–Crippen LogP) is 9.25. The summed E-state index contributed by atoms with van der Waals surface area (Å²) in [5, 5.41) is 0. The van der Waals surface area contributed by atoms with E-state index >= 15 is 0 Å². The molecule has 0 heterocycles. The Morgan fingerprint density at radius 3 is 1.24 bits per heavy atom. The van der Waals surface area contributed by atoms with Gasteiger partial charge in [0, 0.05) is 0 Å². The van der Waals surface area contributed by atoms with Crippen LogP contribution in [0, 0.1) is 0 Å². The summed E-state index contributed by atoms with van der Waals surface area (Å²) in [6.45, 7) is 9.18. The van der Waals surface area contributed by atoms with E-state index in [4.69, 9.17) is 7.56 Å². The van der Waals surface area contributed by atoms with Crippen molar-refractivity contribution in [2.75, 3.05) is 0 Å². The first-order chi connectivity index (χ1) is 16.1. The van der Waals surface area contributed by atoms with Crippen LogP contribution in [0.3, 0.4) is 0 Å². The Morgan fingerprint density at radius 1 is 0.515 bits per heavy atom. The van der Waals surface area contributed by atoms with Crippen LogP contribution in [0.25, 0.3) is 0 Å². The Labute approximate surface area is 213 Å². The molecule has 0 radical (unpaired) electrons. The number of benzene rings is 2. The topological polar surface area (TPSA) is 27.7 Å². The van der Waals surface area contributed by atoms with Gasteiger partial charge in [-0.05, 0) is 0 Å². The second-order valence-electron chi connectivity index (χ2n) is 9.21. The summed E-state index contributed by atoms with van der Waals surface area (Å²) in [4.78, 5) is 0. The van der Waals surface area contributed by atoms with Gasteiger partial charge in [0.1, 0.15) is 0 Å². The first-order valence-electron chi connectivity index (χ1n) is 13.3. The molecule has 2 rings (SSSR count). The van der Waals surface area contributed by atoms with Gasteiger partial charge in [0.05, 0.1) is 0 Å². The van der Waals surface area contributed by atoms with Gasteiger partial charge >= 0.3 is 215 Å². The number of hydrogen-bond donors (Lipinski definition) is 0. The minimum absolute atomic E-state index is 0.905. The second-order valence-corrected chi connectivity index (χ2v) is 31.2. The normalized spacial score (nSPS) is 12.0. The molecule has 0 atom stereocenters. The maximum atomic E-state index is 7.62. The van der Waals surface area contributed by atoms with E-state index in [-0.39, 0.29) is 0 Å². The summed E-state index contributed by atoms with van der Waals surface area (Å²) in [7, 11) is 0. The van der Waals surface area contributed by atoms with Crippen LogP contribution in [0.4, 0.5) is 0 Å². The Balaban J connectivity index is 2.50. The standard InChI is InChI=1S/2C6H6O.4C4H9.O.2Sn/c2*7-6-4-2-1-3-5-6;4*1-3-4-2;;;/h2*1-5,7H;4*1,3-4H2,2H3;;;/q;;;;;;;;+2/p-2. The van der Waals surface area contributed by atoms with Crippen LogP contribution in [-0.4, -0.2) is 38.4 Å². The summed E-state index contributed by atoms with van der Waals surface area (Å²) in [6.07, 6.45) is 9.74. The fourth-order valence-corrected chi connectivity index (χ4v) is 46.1. The van der Waals surface area contributed by atoms with Crippen molar-refractivity contribution in [1.82, 2.24) is 0 Å². The Hall–Kier alpha value is -0.403. The van der Waals surface area contributed by atoms with Crippen LogP contribution < -0.4 is 6.15 Å². The molecular weight excluding hydrogens is 622 g/mol. The number of hydrogen-bond acceptors (Lipinski definition) is 3. The van der Waals surface area contributed by atoms with Crippen molar-refractivity contribution in [1.29, 1.82) is 0 Å². The molecule has 33 heavy (non-hydrogen) atoms. The van der Waals surface area contributed by atoms with E-state index in [0.29, 0.717) is 0 Å². The molecule has 0 unspecified atom stereocenters. The van der Waals surface area contributed by atoms with Crippen LogP contribution in [-0.2, 0) is 1.41 Å². The summed E-state index contributed by atoms with van der Waals surface area (Å²) in [6, 6.07) is 20.6. The third kappa shape index (κ3) is 10.4. The van der Waals surface area contributed by atoms with Crippen molar-refractivity contribution in [3.63, 3.8) is 0 Å². The number of para-hydroxylation sites is 2. The monoisotopic (exact) mass is 670 g/mol. The molecule has 0 aliphatic rings. The molecule has 0 aromatic heterocycles. The minimum atomic E-state index is -3.98. The summed E-state index contributed by atoms with van der Waals surface area (Å²) >= 11 is -6.93. The summed E-state index contributed by atoms with van der Waals surface area (Å²) in [5.41, 5.74) is 0. The van der Waals surface area contributed by atoms with Gasteiger partial charge in [0.2, 0.25) is 0 Å². The third-order valence-electron chi connectivity index (χ3n) is 6.20. The van der Waals surface area contributed by atoms with Gasteiger partial charge in [-0.3, -0.25) is 0 Å². The molecule has 0 bridgehead atoms. The van der Waals surface area contributed by atoms with E-state index in [9.17, 15) is 0 Å². The van der Waals surface area contributed by atoms with E-state index < -0.39 is 38.4 Å². The van der Waals surface area contributed by atoms with Crippen LogP contribution in [0.15, 0.2) is 60.7 Å². The molecule has 0 fully saturated rings. The summed E-state index contributed by atoms with van der Waals surface area (Å²) in [5.74, 6) is 1.81. The predicted molar refractivity (Wildman–Crippen MR) is 146 cm³/mol. The van der Waals surface area contributed by atoms with Gasteiger partial charge in [-0.2, -0.15) is 0 Å². The van der Waals surface area contributed by atoms with Crippen molar-refractivity contribution in [2.24, 2.45) is 0 Å². The Bertz CT molecular complexity index is 676.